The summed E-state index contributed by atoms with van der Waals surface area (Å²) in [5.74, 6) is -0.301. The Labute approximate surface area is 177 Å². The maximum absolute atomic E-state index is 13.4. The zero-order valence-corrected chi connectivity index (χ0v) is 17.3. The molecule has 0 aliphatic rings. The summed E-state index contributed by atoms with van der Waals surface area (Å²) in [5.41, 5.74) is 2.85. The van der Waals surface area contributed by atoms with E-state index in [9.17, 15) is 13.6 Å². The van der Waals surface area contributed by atoms with E-state index in [1.54, 1.807) is 55.3 Å². The van der Waals surface area contributed by atoms with Crippen molar-refractivity contribution in [1.82, 2.24) is 19.3 Å². The van der Waals surface area contributed by atoms with E-state index >= 15 is 0 Å². The molecule has 1 atom stereocenters. The van der Waals surface area contributed by atoms with Crippen molar-refractivity contribution < 1.29 is 8.78 Å². The highest BCUT2D eigenvalue weighted by atomic mass is 19.1. The molecular weight excluding hydrogens is 400 g/mol. The average molecular weight is 421 g/mol. The summed E-state index contributed by atoms with van der Waals surface area (Å²) in [4.78, 5) is 21.8. The fourth-order valence-electron chi connectivity index (χ4n) is 3.47. The summed E-state index contributed by atoms with van der Waals surface area (Å²) in [7, 11) is 3.43. The molecule has 0 amide bonds. The summed E-state index contributed by atoms with van der Waals surface area (Å²) in [6, 6.07) is 13.6. The molecule has 2 heterocycles. The number of benzene rings is 2. The van der Waals surface area contributed by atoms with Crippen LogP contribution in [0.2, 0.25) is 0 Å². The van der Waals surface area contributed by atoms with Gasteiger partial charge in [-0.1, -0.05) is 24.3 Å². The van der Waals surface area contributed by atoms with Crippen LogP contribution >= 0.6 is 0 Å². The molecule has 1 N–H and O–H groups in total. The summed E-state index contributed by atoms with van der Waals surface area (Å²) >= 11 is 0. The van der Waals surface area contributed by atoms with Crippen molar-refractivity contribution in [3.63, 3.8) is 0 Å². The molecule has 1 unspecified atom stereocenters. The quantitative estimate of drug-likeness (QED) is 0.522. The van der Waals surface area contributed by atoms with Crippen LogP contribution in [-0.4, -0.2) is 19.3 Å². The Kier molecular flexibility index (Phi) is 5.37. The van der Waals surface area contributed by atoms with Crippen LogP contribution in [0.25, 0.3) is 22.5 Å². The number of hydrogen-bond donors (Lipinski definition) is 1. The number of nitrogens with zero attached hydrogens (tertiary/aromatic N) is 4. The predicted octanol–water partition coefficient (Wildman–Crippen LogP) is 4.30. The lowest BCUT2D eigenvalue weighted by Crippen LogP contribution is -2.17. The molecule has 4 rings (SSSR count). The molecule has 2 aromatic heterocycles. The van der Waals surface area contributed by atoms with Gasteiger partial charge in [0, 0.05) is 20.3 Å². The van der Waals surface area contributed by atoms with Gasteiger partial charge in [0.2, 0.25) is 5.95 Å². The standard InChI is InChI=1S/C23H21F2N5O/c1-14(15-4-8-17(24)9-5-15)27-23-26-13-12-19(28-23)21-20(22(31)30(3)29(21)2)16-6-10-18(25)11-7-16/h4-14H,1-3H3,(H,26,27,28). The maximum Gasteiger partial charge on any atom is 0.274 e. The number of rotatable bonds is 5. The SMILES string of the molecule is CC(Nc1nccc(-c2c(-c3ccc(F)cc3)c(=O)n(C)n2C)n1)c1ccc(F)cc1. The van der Waals surface area contributed by atoms with Gasteiger partial charge in [-0.2, -0.15) is 0 Å². The lowest BCUT2D eigenvalue weighted by molar-refractivity contribution is 0.583. The van der Waals surface area contributed by atoms with E-state index in [-0.39, 0.29) is 23.2 Å². The minimum Gasteiger partial charge on any atom is -0.348 e. The van der Waals surface area contributed by atoms with Crippen LogP contribution in [0.4, 0.5) is 14.7 Å². The normalized spacial score (nSPS) is 12.0. The van der Waals surface area contributed by atoms with Gasteiger partial charge in [0.25, 0.3) is 5.56 Å². The third-order valence-electron chi connectivity index (χ3n) is 5.26. The second-order valence-electron chi connectivity index (χ2n) is 7.27. The smallest absolute Gasteiger partial charge is 0.274 e. The molecule has 0 aliphatic heterocycles. The van der Waals surface area contributed by atoms with Crippen LogP contribution in [0.1, 0.15) is 18.5 Å². The number of anilines is 1. The monoisotopic (exact) mass is 421 g/mol. The first-order chi connectivity index (χ1) is 14.8. The minimum absolute atomic E-state index is 0.160. The largest absolute Gasteiger partial charge is 0.348 e. The maximum atomic E-state index is 13.4. The van der Waals surface area contributed by atoms with Crippen molar-refractivity contribution in [2.24, 2.45) is 14.1 Å². The lowest BCUT2D eigenvalue weighted by Gasteiger charge is -2.15. The van der Waals surface area contributed by atoms with E-state index in [0.717, 1.165) is 5.56 Å². The van der Waals surface area contributed by atoms with Crippen molar-refractivity contribution in [1.29, 1.82) is 0 Å². The zero-order chi connectivity index (χ0) is 22.1. The predicted molar refractivity (Wildman–Crippen MR) is 116 cm³/mol. The number of hydrogen-bond acceptors (Lipinski definition) is 4. The lowest BCUT2D eigenvalue weighted by atomic mass is 10.0. The number of nitrogens with one attached hydrogen (secondary N) is 1. The summed E-state index contributed by atoms with van der Waals surface area (Å²) < 4.78 is 29.8. The molecule has 158 valence electrons. The molecule has 0 saturated carbocycles. The van der Waals surface area contributed by atoms with Gasteiger partial charge >= 0.3 is 0 Å². The molecule has 0 saturated heterocycles. The summed E-state index contributed by atoms with van der Waals surface area (Å²) in [6.45, 7) is 1.92. The Morgan fingerprint density at radius 2 is 1.52 bits per heavy atom. The fraction of sp³-hybridized carbons (Fsp3) is 0.174. The third kappa shape index (κ3) is 3.96. The van der Waals surface area contributed by atoms with Gasteiger partial charge in [-0.25, -0.2) is 18.7 Å². The fourth-order valence-corrected chi connectivity index (χ4v) is 3.47. The highest BCUT2D eigenvalue weighted by molar-refractivity contribution is 5.79. The zero-order valence-electron chi connectivity index (χ0n) is 17.3. The van der Waals surface area contributed by atoms with E-state index in [4.69, 9.17) is 0 Å². The molecule has 4 aromatic rings. The van der Waals surface area contributed by atoms with Crippen molar-refractivity contribution in [2.45, 2.75) is 13.0 Å². The van der Waals surface area contributed by atoms with Crippen LogP contribution < -0.4 is 10.9 Å². The van der Waals surface area contributed by atoms with Crippen molar-refractivity contribution >= 4 is 5.95 Å². The molecule has 0 radical (unpaired) electrons. The van der Waals surface area contributed by atoms with E-state index in [0.29, 0.717) is 28.5 Å². The van der Waals surface area contributed by atoms with Gasteiger partial charge in [-0.15, -0.1) is 0 Å². The summed E-state index contributed by atoms with van der Waals surface area (Å²) in [5, 5.41) is 3.21. The van der Waals surface area contributed by atoms with Gasteiger partial charge in [0.15, 0.2) is 0 Å². The molecular formula is C23H21F2N5O. The first-order valence-corrected chi connectivity index (χ1v) is 9.72. The first kappa shape index (κ1) is 20.5. The van der Waals surface area contributed by atoms with Gasteiger partial charge in [0.05, 0.1) is 23.0 Å². The molecule has 2 aromatic carbocycles. The van der Waals surface area contributed by atoms with Crippen molar-refractivity contribution in [3.05, 3.63) is 88.3 Å². The molecule has 31 heavy (non-hydrogen) atoms. The van der Waals surface area contributed by atoms with Gasteiger partial charge in [0.1, 0.15) is 11.6 Å². The Morgan fingerprint density at radius 1 is 0.903 bits per heavy atom. The Morgan fingerprint density at radius 3 is 2.16 bits per heavy atom. The Balaban J connectivity index is 1.74. The molecule has 6 nitrogen and oxygen atoms in total. The van der Waals surface area contributed by atoms with E-state index < -0.39 is 0 Å². The topological polar surface area (TPSA) is 64.7 Å². The first-order valence-electron chi connectivity index (χ1n) is 9.72. The average Bonchev–Trinajstić information content (AvgIpc) is 2.99. The third-order valence-corrected chi connectivity index (χ3v) is 5.26. The molecule has 0 bridgehead atoms. The van der Waals surface area contributed by atoms with E-state index in [2.05, 4.69) is 15.3 Å². The van der Waals surface area contributed by atoms with Crippen LogP contribution in [0, 0.1) is 11.6 Å². The summed E-state index contributed by atoms with van der Waals surface area (Å²) in [6.07, 6.45) is 1.61. The van der Waals surface area contributed by atoms with Crippen molar-refractivity contribution in [2.75, 3.05) is 5.32 Å². The van der Waals surface area contributed by atoms with Gasteiger partial charge in [-0.05, 0) is 48.4 Å². The Bertz CT molecular complexity index is 1280. The molecule has 0 aliphatic carbocycles. The minimum atomic E-state index is -0.374. The van der Waals surface area contributed by atoms with Gasteiger partial charge in [-0.3, -0.25) is 14.2 Å². The van der Waals surface area contributed by atoms with Crippen molar-refractivity contribution in [3.8, 4) is 22.5 Å². The van der Waals surface area contributed by atoms with Crippen LogP contribution in [-0.2, 0) is 14.1 Å². The van der Waals surface area contributed by atoms with Gasteiger partial charge < -0.3 is 5.32 Å². The Hall–Kier alpha value is -3.81. The van der Waals surface area contributed by atoms with Crippen LogP contribution in [0.5, 0.6) is 0 Å². The number of halogens is 2. The van der Waals surface area contributed by atoms with Crippen LogP contribution in [0.15, 0.2) is 65.6 Å². The highest BCUT2D eigenvalue weighted by Crippen LogP contribution is 2.29. The highest BCUT2D eigenvalue weighted by Gasteiger charge is 2.21. The second-order valence-corrected chi connectivity index (χ2v) is 7.27. The molecule has 8 heteroatoms. The van der Waals surface area contributed by atoms with E-state index in [1.165, 1.54) is 28.9 Å². The van der Waals surface area contributed by atoms with Crippen LogP contribution in [0.3, 0.4) is 0 Å². The van der Waals surface area contributed by atoms with E-state index in [1.807, 2.05) is 6.92 Å². The number of aromatic nitrogens is 4. The molecule has 0 spiro atoms. The molecule has 0 fully saturated rings. The second kappa shape index (κ2) is 8.14.